The molecule has 2 heterocycles. The summed E-state index contributed by atoms with van der Waals surface area (Å²) in [5, 5.41) is 12.4. The van der Waals surface area contributed by atoms with Crippen LogP contribution in [-0.4, -0.2) is 30.5 Å². The van der Waals surface area contributed by atoms with Crippen molar-refractivity contribution in [1.29, 1.82) is 5.26 Å². The molecule has 150 valence electrons. The minimum atomic E-state index is -0.0534. The van der Waals surface area contributed by atoms with Crippen LogP contribution in [0, 0.1) is 17.2 Å². The predicted octanol–water partition coefficient (Wildman–Crippen LogP) is 4.27. The van der Waals surface area contributed by atoms with Crippen molar-refractivity contribution in [2.45, 2.75) is 12.8 Å². The van der Waals surface area contributed by atoms with Crippen LogP contribution in [0.1, 0.15) is 28.8 Å². The third kappa shape index (κ3) is 4.49. The lowest BCUT2D eigenvalue weighted by Crippen LogP contribution is -2.41. The van der Waals surface area contributed by atoms with Crippen LogP contribution >= 0.6 is 0 Å². The molecule has 1 aliphatic rings. The quantitative estimate of drug-likeness (QED) is 0.699. The molecule has 0 saturated carbocycles. The molecule has 1 N–H and O–H groups in total. The average molecular weight is 396 g/mol. The summed E-state index contributed by atoms with van der Waals surface area (Å²) in [4.78, 5) is 19.2. The minimum Gasteiger partial charge on any atom is -0.355 e. The zero-order valence-electron chi connectivity index (χ0n) is 16.8. The highest BCUT2D eigenvalue weighted by Gasteiger charge is 2.23. The number of hydrogen-bond donors (Lipinski definition) is 1. The van der Waals surface area contributed by atoms with E-state index in [4.69, 9.17) is 0 Å². The first-order valence-electron chi connectivity index (χ1n) is 10.3. The molecule has 3 aromatic rings. The van der Waals surface area contributed by atoms with Crippen LogP contribution < -0.4 is 10.2 Å². The Balaban J connectivity index is 1.35. The normalized spacial score (nSPS) is 16.0. The number of nitrogens with one attached hydrogen (secondary N) is 1. The summed E-state index contributed by atoms with van der Waals surface area (Å²) >= 11 is 0. The van der Waals surface area contributed by atoms with E-state index in [1.54, 1.807) is 18.3 Å². The molecule has 1 fully saturated rings. The van der Waals surface area contributed by atoms with Gasteiger partial charge in [0.25, 0.3) is 5.91 Å². The lowest BCUT2D eigenvalue weighted by molar-refractivity contribution is 0.0945. The molecule has 2 aromatic carbocycles. The molecule has 1 aromatic heterocycles. The zero-order valence-corrected chi connectivity index (χ0v) is 16.8. The minimum absolute atomic E-state index is 0.0534. The van der Waals surface area contributed by atoms with Crippen LogP contribution in [0.25, 0.3) is 11.1 Å². The largest absolute Gasteiger partial charge is 0.355 e. The molecule has 1 unspecified atom stereocenters. The van der Waals surface area contributed by atoms with E-state index in [-0.39, 0.29) is 5.91 Å². The molecule has 4 rings (SSSR count). The van der Waals surface area contributed by atoms with Gasteiger partial charge in [0.2, 0.25) is 0 Å². The van der Waals surface area contributed by atoms with Gasteiger partial charge >= 0.3 is 0 Å². The Hall–Kier alpha value is -3.65. The number of rotatable bonds is 5. The van der Waals surface area contributed by atoms with Gasteiger partial charge in [0.05, 0.1) is 5.56 Å². The highest BCUT2D eigenvalue weighted by atomic mass is 16.1. The number of amides is 1. The van der Waals surface area contributed by atoms with Gasteiger partial charge in [0.15, 0.2) is 0 Å². The van der Waals surface area contributed by atoms with Gasteiger partial charge in [-0.1, -0.05) is 42.5 Å². The van der Waals surface area contributed by atoms with Crippen molar-refractivity contribution in [3.8, 4) is 17.2 Å². The van der Waals surface area contributed by atoms with E-state index in [0.29, 0.717) is 23.6 Å². The standard InChI is InChI=1S/C25H24N4O/c26-16-23-9-4-14-27-24(23)29-15-5-6-19(18-29)17-28-25(30)22-12-10-21(11-13-22)20-7-2-1-3-8-20/h1-4,7-14,19H,5-6,15,17-18H2,(H,28,30). The fourth-order valence-corrected chi connectivity index (χ4v) is 3.94. The van der Waals surface area contributed by atoms with Crippen molar-refractivity contribution in [2.75, 3.05) is 24.5 Å². The van der Waals surface area contributed by atoms with E-state index in [1.165, 1.54) is 0 Å². The number of nitrogens with zero attached hydrogens (tertiary/aromatic N) is 3. The van der Waals surface area contributed by atoms with Gasteiger partial charge in [0, 0.05) is 31.4 Å². The highest BCUT2D eigenvalue weighted by Crippen LogP contribution is 2.24. The van der Waals surface area contributed by atoms with E-state index >= 15 is 0 Å². The van der Waals surface area contributed by atoms with E-state index < -0.39 is 0 Å². The summed E-state index contributed by atoms with van der Waals surface area (Å²) in [7, 11) is 0. The Kier molecular flexibility index (Phi) is 6.05. The van der Waals surface area contributed by atoms with Crippen molar-refractivity contribution >= 4 is 11.7 Å². The van der Waals surface area contributed by atoms with Crippen molar-refractivity contribution in [1.82, 2.24) is 10.3 Å². The third-order valence-corrected chi connectivity index (χ3v) is 5.53. The Morgan fingerprint density at radius 1 is 1.07 bits per heavy atom. The fraction of sp³-hybridized carbons (Fsp3) is 0.240. The summed E-state index contributed by atoms with van der Waals surface area (Å²) in [6.07, 6.45) is 3.80. The van der Waals surface area contributed by atoms with Crippen molar-refractivity contribution < 1.29 is 4.79 Å². The summed E-state index contributed by atoms with van der Waals surface area (Å²) in [6, 6.07) is 23.6. The molecule has 5 heteroatoms. The van der Waals surface area contributed by atoms with E-state index in [0.717, 1.165) is 42.9 Å². The smallest absolute Gasteiger partial charge is 0.251 e. The molecule has 0 spiro atoms. The molecule has 1 aliphatic heterocycles. The molecule has 5 nitrogen and oxygen atoms in total. The number of hydrogen-bond acceptors (Lipinski definition) is 4. The summed E-state index contributed by atoms with van der Waals surface area (Å²) in [6.45, 7) is 2.29. The maximum Gasteiger partial charge on any atom is 0.251 e. The van der Waals surface area contributed by atoms with Crippen LogP contribution in [-0.2, 0) is 0 Å². The first-order chi connectivity index (χ1) is 14.7. The summed E-state index contributed by atoms with van der Waals surface area (Å²) < 4.78 is 0. The Labute approximate surface area is 177 Å². The van der Waals surface area contributed by atoms with Gasteiger partial charge in [-0.3, -0.25) is 4.79 Å². The first kappa shape index (κ1) is 19.7. The number of aromatic nitrogens is 1. The molecule has 0 aliphatic carbocycles. The molecular weight excluding hydrogens is 372 g/mol. The Morgan fingerprint density at radius 2 is 1.83 bits per heavy atom. The number of piperidine rings is 1. The molecule has 1 saturated heterocycles. The van der Waals surface area contributed by atoms with Gasteiger partial charge in [0.1, 0.15) is 11.9 Å². The van der Waals surface area contributed by atoms with Crippen molar-refractivity contribution in [3.05, 3.63) is 84.1 Å². The van der Waals surface area contributed by atoms with Gasteiger partial charge < -0.3 is 10.2 Å². The number of anilines is 1. The number of carbonyl (C=O) groups excluding carboxylic acids is 1. The monoisotopic (exact) mass is 396 g/mol. The van der Waals surface area contributed by atoms with Crippen LogP contribution in [0.15, 0.2) is 72.9 Å². The topological polar surface area (TPSA) is 69.0 Å². The number of nitriles is 1. The molecule has 0 radical (unpaired) electrons. The maximum atomic E-state index is 12.6. The van der Waals surface area contributed by atoms with E-state index in [2.05, 4.69) is 33.4 Å². The second-order valence-electron chi connectivity index (χ2n) is 7.59. The van der Waals surface area contributed by atoms with Crippen LogP contribution in [0.4, 0.5) is 5.82 Å². The second kappa shape index (κ2) is 9.23. The lowest BCUT2D eigenvalue weighted by atomic mass is 9.97. The average Bonchev–Trinajstić information content (AvgIpc) is 2.83. The zero-order chi connectivity index (χ0) is 20.8. The van der Waals surface area contributed by atoms with Crippen LogP contribution in [0.3, 0.4) is 0 Å². The molecule has 1 amide bonds. The van der Waals surface area contributed by atoms with Crippen LogP contribution in [0.2, 0.25) is 0 Å². The third-order valence-electron chi connectivity index (χ3n) is 5.53. The fourth-order valence-electron chi connectivity index (χ4n) is 3.94. The highest BCUT2D eigenvalue weighted by molar-refractivity contribution is 5.94. The SMILES string of the molecule is N#Cc1cccnc1N1CCCC(CNC(=O)c2ccc(-c3ccccc3)cc2)C1. The summed E-state index contributed by atoms with van der Waals surface area (Å²) in [5.41, 5.74) is 3.50. The van der Waals surface area contributed by atoms with Crippen molar-refractivity contribution in [2.24, 2.45) is 5.92 Å². The lowest BCUT2D eigenvalue weighted by Gasteiger charge is -2.34. The molecular formula is C25H24N4O. The molecule has 1 atom stereocenters. The Bertz CT molecular complexity index is 1040. The summed E-state index contributed by atoms with van der Waals surface area (Å²) in [5.74, 6) is 1.02. The molecule has 0 bridgehead atoms. The Morgan fingerprint density at radius 3 is 2.60 bits per heavy atom. The van der Waals surface area contributed by atoms with Crippen molar-refractivity contribution in [3.63, 3.8) is 0 Å². The van der Waals surface area contributed by atoms with E-state index in [9.17, 15) is 10.1 Å². The van der Waals surface area contributed by atoms with Gasteiger partial charge in [-0.05, 0) is 54.2 Å². The second-order valence-corrected chi connectivity index (χ2v) is 7.59. The maximum absolute atomic E-state index is 12.6. The van der Waals surface area contributed by atoms with Crippen LogP contribution in [0.5, 0.6) is 0 Å². The number of benzene rings is 2. The first-order valence-corrected chi connectivity index (χ1v) is 10.3. The van der Waals surface area contributed by atoms with Gasteiger partial charge in [-0.15, -0.1) is 0 Å². The van der Waals surface area contributed by atoms with Gasteiger partial charge in [-0.2, -0.15) is 5.26 Å². The van der Waals surface area contributed by atoms with Gasteiger partial charge in [-0.25, -0.2) is 4.98 Å². The predicted molar refractivity (Wildman–Crippen MR) is 118 cm³/mol. The molecule has 30 heavy (non-hydrogen) atoms. The number of carbonyl (C=O) groups is 1. The van der Waals surface area contributed by atoms with E-state index in [1.807, 2.05) is 42.5 Å². The number of pyridine rings is 1.